The number of nitrogens with two attached hydrogens (primary N) is 1. The molecule has 1 amide bonds. The molecule has 0 aromatic carbocycles. The summed E-state index contributed by atoms with van der Waals surface area (Å²) in [6, 6.07) is 3.17. The van der Waals surface area contributed by atoms with Gasteiger partial charge in [0.25, 0.3) is 5.91 Å². The standard InChI is InChI=1S/C10H12ClN3OS/c1-6(9(12)16)4-14-10(15)8-3-2-7(11)5-13-8/h2-3,5-6H,4H2,1H3,(H2,12,16)(H,14,15). The maximum absolute atomic E-state index is 11.6. The molecule has 0 saturated heterocycles. The smallest absolute Gasteiger partial charge is 0.269 e. The van der Waals surface area contributed by atoms with Gasteiger partial charge in [-0.25, -0.2) is 4.98 Å². The van der Waals surface area contributed by atoms with E-state index in [1.807, 2.05) is 6.92 Å². The van der Waals surface area contributed by atoms with E-state index in [9.17, 15) is 4.79 Å². The van der Waals surface area contributed by atoms with Crippen LogP contribution in [-0.2, 0) is 0 Å². The predicted molar refractivity (Wildman–Crippen MR) is 67.5 cm³/mol. The van der Waals surface area contributed by atoms with Crippen LogP contribution in [0.25, 0.3) is 0 Å². The van der Waals surface area contributed by atoms with Crippen LogP contribution in [0.4, 0.5) is 0 Å². The highest BCUT2D eigenvalue weighted by Crippen LogP contribution is 2.06. The van der Waals surface area contributed by atoms with Crippen LogP contribution >= 0.6 is 23.8 Å². The van der Waals surface area contributed by atoms with Crippen LogP contribution in [0.1, 0.15) is 17.4 Å². The quantitative estimate of drug-likeness (QED) is 0.800. The number of hydrogen-bond acceptors (Lipinski definition) is 3. The van der Waals surface area contributed by atoms with Gasteiger partial charge in [0.15, 0.2) is 0 Å². The zero-order valence-electron chi connectivity index (χ0n) is 8.74. The number of carbonyl (C=O) groups is 1. The fourth-order valence-corrected chi connectivity index (χ4v) is 1.14. The number of pyridine rings is 1. The van der Waals surface area contributed by atoms with Crippen molar-refractivity contribution in [1.29, 1.82) is 0 Å². The average Bonchev–Trinajstić information content (AvgIpc) is 2.26. The van der Waals surface area contributed by atoms with Gasteiger partial charge in [0.05, 0.1) is 10.0 Å². The molecule has 3 N–H and O–H groups in total. The first kappa shape index (κ1) is 12.9. The van der Waals surface area contributed by atoms with Gasteiger partial charge >= 0.3 is 0 Å². The largest absolute Gasteiger partial charge is 0.393 e. The first-order valence-corrected chi connectivity index (χ1v) is 5.48. The van der Waals surface area contributed by atoms with Crippen LogP contribution in [0, 0.1) is 5.92 Å². The SMILES string of the molecule is CC(CNC(=O)c1ccc(Cl)cn1)C(N)=S. The third-order valence-corrected chi connectivity index (χ3v) is 2.64. The van der Waals surface area contributed by atoms with E-state index in [0.717, 1.165) is 0 Å². The highest BCUT2D eigenvalue weighted by Gasteiger charge is 2.10. The first-order chi connectivity index (χ1) is 7.50. The molecule has 1 atom stereocenters. The topological polar surface area (TPSA) is 68.0 Å². The number of nitrogens with zero attached hydrogens (tertiary/aromatic N) is 1. The highest BCUT2D eigenvalue weighted by molar-refractivity contribution is 7.80. The average molecular weight is 258 g/mol. The lowest BCUT2D eigenvalue weighted by molar-refractivity contribution is 0.0946. The zero-order chi connectivity index (χ0) is 12.1. The molecule has 0 aliphatic heterocycles. The minimum atomic E-state index is -0.264. The summed E-state index contributed by atoms with van der Waals surface area (Å²) < 4.78 is 0. The Bertz CT molecular complexity index is 394. The van der Waals surface area contributed by atoms with Gasteiger partial charge in [0.1, 0.15) is 5.69 Å². The van der Waals surface area contributed by atoms with E-state index in [2.05, 4.69) is 10.3 Å². The Morgan fingerprint density at radius 3 is 2.88 bits per heavy atom. The number of amides is 1. The molecule has 16 heavy (non-hydrogen) atoms. The maximum Gasteiger partial charge on any atom is 0.269 e. The molecule has 6 heteroatoms. The Balaban J connectivity index is 2.53. The molecule has 0 aliphatic carbocycles. The van der Waals surface area contributed by atoms with E-state index in [4.69, 9.17) is 29.6 Å². The lowest BCUT2D eigenvalue weighted by Gasteiger charge is -2.10. The number of aromatic nitrogens is 1. The van der Waals surface area contributed by atoms with E-state index in [-0.39, 0.29) is 11.8 Å². The summed E-state index contributed by atoms with van der Waals surface area (Å²) in [7, 11) is 0. The first-order valence-electron chi connectivity index (χ1n) is 4.69. The minimum absolute atomic E-state index is 0.0359. The highest BCUT2D eigenvalue weighted by atomic mass is 35.5. The normalized spacial score (nSPS) is 11.9. The van der Waals surface area contributed by atoms with Gasteiger partial charge in [-0.3, -0.25) is 4.79 Å². The van der Waals surface area contributed by atoms with Crippen molar-refractivity contribution in [3.63, 3.8) is 0 Å². The van der Waals surface area contributed by atoms with Gasteiger partial charge in [-0.1, -0.05) is 30.7 Å². The van der Waals surface area contributed by atoms with Crippen LogP contribution in [0.3, 0.4) is 0 Å². The summed E-state index contributed by atoms with van der Waals surface area (Å²) in [6.07, 6.45) is 1.42. The molecule has 1 aromatic rings. The molecule has 1 heterocycles. The predicted octanol–water partition coefficient (Wildman–Crippen LogP) is 1.39. The van der Waals surface area contributed by atoms with Gasteiger partial charge in [-0.15, -0.1) is 0 Å². The van der Waals surface area contributed by atoms with Crippen molar-refractivity contribution in [2.24, 2.45) is 11.7 Å². The van der Waals surface area contributed by atoms with Gasteiger partial charge in [-0.2, -0.15) is 0 Å². The Labute approximate surface area is 104 Å². The molecule has 0 fully saturated rings. The maximum atomic E-state index is 11.6. The molecule has 1 aromatic heterocycles. The van der Waals surface area contributed by atoms with Crippen LogP contribution in [0.2, 0.25) is 5.02 Å². The molecule has 0 radical (unpaired) electrons. The third kappa shape index (κ3) is 3.75. The summed E-state index contributed by atoms with van der Waals surface area (Å²) in [4.78, 5) is 15.9. The second kappa shape index (κ2) is 5.77. The molecular formula is C10H12ClN3OS. The summed E-state index contributed by atoms with van der Waals surface area (Å²) in [5, 5.41) is 3.18. The van der Waals surface area contributed by atoms with E-state index in [1.54, 1.807) is 12.1 Å². The molecule has 1 rings (SSSR count). The second-order valence-electron chi connectivity index (χ2n) is 3.38. The van der Waals surface area contributed by atoms with Crippen molar-refractivity contribution in [1.82, 2.24) is 10.3 Å². The van der Waals surface area contributed by atoms with Gasteiger partial charge in [0.2, 0.25) is 0 Å². The molecule has 0 bridgehead atoms. The van der Waals surface area contributed by atoms with Crippen molar-refractivity contribution in [2.75, 3.05) is 6.54 Å². The van der Waals surface area contributed by atoms with Gasteiger partial charge < -0.3 is 11.1 Å². The van der Waals surface area contributed by atoms with Crippen molar-refractivity contribution in [3.8, 4) is 0 Å². The molecular weight excluding hydrogens is 246 g/mol. The second-order valence-corrected chi connectivity index (χ2v) is 4.28. The zero-order valence-corrected chi connectivity index (χ0v) is 10.3. The summed E-state index contributed by atoms with van der Waals surface area (Å²) in [5.41, 5.74) is 5.75. The molecule has 4 nitrogen and oxygen atoms in total. The fraction of sp³-hybridized carbons (Fsp3) is 0.300. The van der Waals surface area contributed by atoms with Crippen LogP contribution in [0.15, 0.2) is 18.3 Å². The summed E-state index contributed by atoms with van der Waals surface area (Å²) >= 11 is 10.5. The van der Waals surface area contributed by atoms with E-state index >= 15 is 0 Å². The number of halogens is 1. The lowest BCUT2D eigenvalue weighted by Crippen LogP contribution is -2.33. The third-order valence-electron chi connectivity index (χ3n) is 2.01. The number of nitrogens with one attached hydrogen (secondary N) is 1. The Morgan fingerprint density at radius 1 is 1.69 bits per heavy atom. The monoisotopic (exact) mass is 257 g/mol. The van der Waals surface area contributed by atoms with Crippen molar-refractivity contribution < 1.29 is 4.79 Å². The fourth-order valence-electron chi connectivity index (χ4n) is 0.947. The van der Waals surface area contributed by atoms with E-state index < -0.39 is 0 Å². The van der Waals surface area contributed by atoms with E-state index in [0.29, 0.717) is 22.2 Å². The summed E-state index contributed by atoms with van der Waals surface area (Å²) in [6.45, 7) is 2.25. The number of thiocarbonyl (C=S) groups is 1. The van der Waals surface area contributed by atoms with Crippen molar-refractivity contribution >= 4 is 34.7 Å². The number of hydrogen-bond donors (Lipinski definition) is 2. The Morgan fingerprint density at radius 2 is 2.38 bits per heavy atom. The molecule has 0 aliphatic rings. The minimum Gasteiger partial charge on any atom is -0.393 e. The Kier molecular flexibility index (Phi) is 4.64. The molecule has 0 saturated carbocycles. The molecule has 1 unspecified atom stereocenters. The lowest BCUT2D eigenvalue weighted by atomic mass is 10.2. The van der Waals surface area contributed by atoms with Gasteiger partial charge in [0, 0.05) is 18.7 Å². The van der Waals surface area contributed by atoms with Crippen LogP contribution < -0.4 is 11.1 Å². The van der Waals surface area contributed by atoms with Crippen LogP contribution in [-0.4, -0.2) is 22.4 Å². The number of carbonyl (C=O) groups excluding carboxylic acids is 1. The number of rotatable bonds is 4. The summed E-state index contributed by atoms with van der Waals surface area (Å²) in [5.74, 6) is -0.300. The van der Waals surface area contributed by atoms with Crippen molar-refractivity contribution in [3.05, 3.63) is 29.0 Å². The molecule has 86 valence electrons. The van der Waals surface area contributed by atoms with Gasteiger partial charge in [-0.05, 0) is 12.1 Å². The Hall–Kier alpha value is -1.20. The van der Waals surface area contributed by atoms with E-state index in [1.165, 1.54) is 6.20 Å². The van der Waals surface area contributed by atoms with Crippen LogP contribution in [0.5, 0.6) is 0 Å². The molecule has 0 spiro atoms. The van der Waals surface area contributed by atoms with Crippen molar-refractivity contribution in [2.45, 2.75) is 6.92 Å².